The summed E-state index contributed by atoms with van der Waals surface area (Å²) in [4.78, 5) is 29.1. The highest BCUT2D eigenvalue weighted by Crippen LogP contribution is 2.45. The maximum absolute atomic E-state index is 14.1. The van der Waals surface area contributed by atoms with Crippen molar-refractivity contribution in [2.45, 2.75) is 63.7 Å². The molecular weight excluding hydrogens is 668 g/mol. The van der Waals surface area contributed by atoms with Gasteiger partial charge in [0.05, 0.1) is 10.5 Å². The molecular formula is C34H38F3NO6S2Si. The third kappa shape index (κ3) is 7.27. The highest BCUT2D eigenvalue weighted by Gasteiger charge is 2.50. The van der Waals surface area contributed by atoms with Crippen molar-refractivity contribution >= 4 is 47.1 Å². The number of carbonyl (C=O) groups excluding carboxylic acids is 2. The molecule has 0 atom stereocenters. The summed E-state index contributed by atoms with van der Waals surface area (Å²) in [6, 6.07) is 13.5. The fourth-order valence-corrected chi connectivity index (χ4v) is 8.57. The molecule has 2 aliphatic rings. The Labute approximate surface area is 278 Å². The van der Waals surface area contributed by atoms with Crippen LogP contribution in [0.5, 0.6) is 11.5 Å². The van der Waals surface area contributed by atoms with Gasteiger partial charge < -0.3 is 9.16 Å². The Morgan fingerprint density at radius 2 is 1.55 bits per heavy atom. The minimum Gasteiger partial charge on any atom is -0.544 e. The molecule has 0 amide bonds. The van der Waals surface area contributed by atoms with Gasteiger partial charge in [0.2, 0.25) is 8.32 Å². The van der Waals surface area contributed by atoms with Crippen molar-refractivity contribution in [3.63, 3.8) is 0 Å². The van der Waals surface area contributed by atoms with Gasteiger partial charge in [0.25, 0.3) is 9.84 Å². The zero-order valence-electron chi connectivity index (χ0n) is 27.0. The molecule has 1 fully saturated rings. The molecule has 0 unspecified atom stereocenters. The number of rotatable bonds is 10. The Bertz CT molecular complexity index is 1800. The Morgan fingerprint density at radius 3 is 2.13 bits per heavy atom. The van der Waals surface area contributed by atoms with Crippen molar-refractivity contribution in [1.29, 1.82) is 0 Å². The van der Waals surface area contributed by atoms with Crippen LogP contribution in [0.2, 0.25) is 18.1 Å². The first kappa shape index (κ1) is 35.1. The number of alkyl halides is 3. The van der Waals surface area contributed by atoms with E-state index in [1.165, 1.54) is 12.8 Å². The smallest absolute Gasteiger partial charge is 0.501 e. The van der Waals surface area contributed by atoms with Gasteiger partial charge in [-0.3, -0.25) is 14.5 Å². The SMILES string of the molecule is CC(C)(C)[Si](C)(C)Oc1ccc(-c2sc3c(c2C(=O)c2ccc(OCCN4CCCC4)cc2)C(=O)CC(S(=O)(=O)C(F)(F)F)=C3)cc1. The molecule has 0 N–H and O–H groups in total. The Hall–Kier alpha value is -3.26. The minimum absolute atomic E-state index is 0.00843. The summed E-state index contributed by atoms with van der Waals surface area (Å²) in [5.41, 5.74) is -4.83. The maximum atomic E-state index is 14.1. The van der Waals surface area contributed by atoms with E-state index in [9.17, 15) is 31.2 Å². The van der Waals surface area contributed by atoms with Crippen molar-refractivity contribution in [2.24, 2.45) is 0 Å². The second kappa shape index (κ2) is 13.0. The lowest BCUT2D eigenvalue weighted by atomic mass is 9.91. The molecule has 2 aromatic carbocycles. The van der Waals surface area contributed by atoms with E-state index >= 15 is 0 Å². The number of ketones is 2. The number of sulfone groups is 1. The molecule has 1 aromatic heterocycles. The van der Waals surface area contributed by atoms with Gasteiger partial charge in [-0.2, -0.15) is 13.2 Å². The van der Waals surface area contributed by atoms with Gasteiger partial charge in [0.15, 0.2) is 11.6 Å². The number of allylic oxidation sites excluding steroid dienone is 1. The van der Waals surface area contributed by atoms with E-state index in [0.29, 0.717) is 28.5 Å². The van der Waals surface area contributed by atoms with Gasteiger partial charge in [-0.05, 0) is 104 Å². The molecule has 2 heterocycles. The highest BCUT2D eigenvalue weighted by atomic mass is 32.2. The first-order chi connectivity index (χ1) is 21.9. The Morgan fingerprint density at radius 1 is 0.957 bits per heavy atom. The summed E-state index contributed by atoms with van der Waals surface area (Å²) < 4.78 is 77.0. The molecule has 1 aliphatic heterocycles. The quantitative estimate of drug-likeness (QED) is 0.155. The first-order valence-electron chi connectivity index (χ1n) is 15.4. The van der Waals surface area contributed by atoms with Crippen molar-refractivity contribution in [3.8, 4) is 21.9 Å². The lowest BCUT2D eigenvalue weighted by Crippen LogP contribution is -2.43. The number of Topliss-reactive ketones (excluding diaryl/α,β-unsaturated/α-hetero) is 1. The van der Waals surface area contributed by atoms with Crippen molar-refractivity contribution in [3.05, 3.63) is 75.0 Å². The lowest BCUT2D eigenvalue weighted by Gasteiger charge is -2.36. The van der Waals surface area contributed by atoms with Gasteiger partial charge >= 0.3 is 5.51 Å². The highest BCUT2D eigenvalue weighted by molar-refractivity contribution is 7.96. The monoisotopic (exact) mass is 705 g/mol. The standard InChI is InChI=1S/C34H38F3NO6S2Si/c1-33(2,3)47(4,5)44-25-14-10-23(11-15-25)32-30(29-27(39)20-26(21-28(29)45-32)46(41,42)34(35,36)37)31(40)22-8-12-24(13-9-22)43-19-18-38-16-6-7-17-38/h8-15,21H,6-7,16-20H2,1-5H3. The van der Waals surface area contributed by atoms with E-state index in [0.717, 1.165) is 37.0 Å². The predicted octanol–water partition coefficient (Wildman–Crippen LogP) is 8.37. The van der Waals surface area contributed by atoms with Crippen LogP contribution in [0.15, 0.2) is 53.4 Å². The number of hydrogen-bond acceptors (Lipinski definition) is 8. The maximum Gasteiger partial charge on any atom is 0.501 e. The summed E-state index contributed by atoms with van der Waals surface area (Å²) in [6.45, 7) is 14.0. The third-order valence-corrected chi connectivity index (χ3v) is 16.1. The number of ether oxygens (including phenoxy) is 1. The van der Waals surface area contributed by atoms with E-state index in [-0.39, 0.29) is 26.6 Å². The lowest BCUT2D eigenvalue weighted by molar-refractivity contribution is -0.0426. The molecule has 5 rings (SSSR count). The van der Waals surface area contributed by atoms with E-state index in [1.54, 1.807) is 48.5 Å². The molecule has 13 heteroatoms. The van der Waals surface area contributed by atoms with Crippen LogP contribution in [-0.2, 0) is 9.84 Å². The summed E-state index contributed by atoms with van der Waals surface area (Å²) in [5.74, 6) is -0.168. The molecule has 1 aliphatic carbocycles. The van der Waals surface area contributed by atoms with E-state index in [1.807, 2.05) is 0 Å². The van der Waals surface area contributed by atoms with Crippen LogP contribution >= 0.6 is 11.3 Å². The molecule has 0 saturated carbocycles. The topological polar surface area (TPSA) is 90.0 Å². The number of hydrogen-bond donors (Lipinski definition) is 0. The number of carbonyl (C=O) groups is 2. The fourth-order valence-electron chi connectivity index (χ4n) is 5.28. The second-order valence-electron chi connectivity index (χ2n) is 13.3. The number of likely N-dealkylation sites (tertiary alicyclic amines) is 1. The van der Waals surface area contributed by atoms with Crippen LogP contribution in [0.3, 0.4) is 0 Å². The van der Waals surface area contributed by atoms with Crippen molar-refractivity contribution < 1.29 is 40.3 Å². The molecule has 7 nitrogen and oxygen atoms in total. The van der Waals surface area contributed by atoms with Gasteiger partial charge in [0.1, 0.15) is 18.1 Å². The van der Waals surface area contributed by atoms with Gasteiger partial charge in [-0.1, -0.05) is 20.8 Å². The number of nitrogens with zero attached hydrogens (tertiary/aromatic N) is 1. The number of fused-ring (bicyclic) bond motifs is 1. The Kier molecular flexibility index (Phi) is 9.68. The van der Waals surface area contributed by atoms with Crippen molar-refractivity contribution in [2.75, 3.05) is 26.2 Å². The summed E-state index contributed by atoms with van der Waals surface area (Å²) >= 11 is 0.910. The third-order valence-electron chi connectivity index (χ3n) is 9.01. The number of thiophene rings is 1. The molecule has 0 radical (unpaired) electrons. The van der Waals surface area contributed by atoms with E-state index in [4.69, 9.17) is 9.16 Å². The van der Waals surface area contributed by atoms with Crippen molar-refractivity contribution in [1.82, 2.24) is 4.90 Å². The van der Waals surface area contributed by atoms with E-state index in [2.05, 4.69) is 38.8 Å². The molecule has 3 aromatic rings. The molecule has 47 heavy (non-hydrogen) atoms. The zero-order valence-corrected chi connectivity index (χ0v) is 29.6. The first-order valence-corrected chi connectivity index (χ1v) is 20.6. The zero-order chi connectivity index (χ0) is 34.4. The van der Waals surface area contributed by atoms with Crippen LogP contribution < -0.4 is 9.16 Å². The summed E-state index contributed by atoms with van der Waals surface area (Å²) in [5, 5.41) is -0.0479. The Balaban J connectivity index is 1.51. The van der Waals surface area contributed by atoms with Gasteiger partial charge in [0, 0.05) is 33.8 Å². The predicted molar refractivity (Wildman–Crippen MR) is 181 cm³/mol. The van der Waals surface area contributed by atoms with Crippen LogP contribution in [0.1, 0.15) is 71.2 Å². The average molecular weight is 706 g/mol. The number of benzene rings is 2. The molecule has 0 spiro atoms. The van der Waals surface area contributed by atoms with Gasteiger partial charge in [-0.25, -0.2) is 8.42 Å². The number of halogens is 3. The van der Waals surface area contributed by atoms with Gasteiger partial charge in [-0.15, -0.1) is 11.3 Å². The van der Waals surface area contributed by atoms with E-state index < -0.39 is 46.6 Å². The van der Waals surface area contributed by atoms with Crippen LogP contribution in [0.25, 0.3) is 16.5 Å². The summed E-state index contributed by atoms with van der Waals surface area (Å²) in [6.07, 6.45) is 2.24. The molecule has 1 saturated heterocycles. The second-order valence-corrected chi connectivity index (χ2v) is 21.1. The summed E-state index contributed by atoms with van der Waals surface area (Å²) in [7, 11) is -7.90. The van der Waals surface area contributed by atoms with Crippen LogP contribution in [-0.4, -0.2) is 65.0 Å². The largest absolute Gasteiger partial charge is 0.544 e. The average Bonchev–Trinajstić information content (AvgIpc) is 3.65. The molecule has 0 bridgehead atoms. The van der Waals surface area contributed by atoms with Crippen LogP contribution in [0, 0.1) is 0 Å². The van der Waals surface area contributed by atoms with Crippen LogP contribution in [0.4, 0.5) is 13.2 Å². The fraction of sp³-hybridized carbons (Fsp3) is 0.412. The molecule has 252 valence electrons. The minimum atomic E-state index is -5.74. The normalized spacial score (nSPS) is 16.2.